The number of rotatable bonds is 4. The van der Waals surface area contributed by atoms with Crippen LogP contribution in [0.1, 0.15) is 77.2 Å². The van der Waals surface area contributed by atoms with Crippen molar-refractivity contribution >= 4 is 23.5 Å². The van der Waals surface area contributed by atoms with Crippen molar-refractivity contribution in [1.82, 2.24) is 26.1 Å². The molecule has 1 aliphatic carbocycles. The molecule has 0 spiro atoms. The molecule has 1 aliphatic heterocycles. The Morgan fingerprint density at radius 1 is 1.03 bits per heavy atom. The van der Waals surface area contributed by atoms with Crippen molar-refractivity contribution in [3.05, 3.63) is 18.1 Å². The average molecular weight is 419 g/mol. The Labute approximate surface area is 178 Å². The molecule has 1 aromatic heterocycles. The van der Waals surface area contributed by atoms with Crippen molar-refractivity contribution < 1.29 is 14.4 Å². The van der Waals surface area contributed by atoms with E-state index >= 15 is 0 Å². The summed E-state index contributed by atoms with van der Waals surface area (Å²) >= 11 is 0. The minimum absolute atomic E-state index is 0.105. The van der Waals surface area contributed by atoms with Gasteiger partial charge in [0.15, 0.2) is 11.5 Å². The van der Waals surface area contributed by atoms with E-state index in [1.807, 2.05) is 13.8 Å². The smallest absolute Gasteiger partial charge is 0.292 e. The van der Waals surface area contributed by atoms with Crippen molar-refractivity contribution in [3.8, 4) is 0 Å². The van der Waals surface area contributed by atoms with Crippen LogP contribution in [0, 0.1) is 10.8 Å². The monoisotopic (exact) mass is 418 g/mol. The van der Waals surface area contributed by atoms with Crippen LogP contribution in [0.2, 0.25) is 0 Å². The number of hydrazine groups is 1. The Morgan fingerprint density at radius 2 is 1.67 bits per heavy atom. The second-order valence-electron chi connectivity index (χ2n) is 8.58. The van der Waals surface area contributed by atoms with Crippen molar-refractivity contribution in [1.29, 1.82) is 0 Å². The predicted molar refractivity (Wildman–Crippen MR) is 114 cm³/mol. The quantitative estimate of drug-likeness (QED) is 0.439. The molecule has 0 aromatic carbocycles. The first-order chi connectivity index (χ1) is 14.2. The van der Waals surface area contributed by atoms with Gasteiger partial charge in [0.2, 0.25) is 5.91 Å². The molecule has 2 aliphatic rings. The van der Waals surface area contributed by atoms with E-state index in [9.17, 15) is 14.4 Å². The van der Waals surface area contributed by atoms with Crippen LogP contribution in [0.25, 0.3) is 0 Å². The second kappa shape index (κ2) is 9.86. The summed E-state index contributed by atoms with van der Waals surface area (Å²) in [6.07, 6.45) is 7.52. The maximum Gasteiger partial charge on any atom is 0.292 e. The highest BCUT2D eigenvalue weighted by molar-refractivity contribution is 6.07. The van der Waals surface area contributed by atoms with Crippen LogP contribution in [0.15, 0.2) is 12.4 Å². The van der Waals surface area contributed by atoms with Gasteiger partial charge in [-0.25, -0.2) is 9.97 Å². The number of nitrogens with zero attached hydrogens (tertiary/aromatic N) is 2. The largest absolute Gasteiger partial charge is 0.365 e. The summed E-state index contributed by atoms with van der Waals surface area (Å²) in [5, 5.41) is 5.94. The van der Waals surface area contributed by atoms with E-state index in [0.717, 1.165) is 25.7 Å². The molecule has 1 aromatic rings. The van der Waals surface area contributed by atoms with Crippen LogP contribution < -0.4 is 21.5 Å². The summed E-state index contributed by atoms with van der Waals surface area (Å²) in [4.78, 5) is 45.1. The molecule has 1 atom stereocenters. The van der Waals surface area contributed by atoms with E-state index in [0.29, 0.717) is 24.2 Å². The molecule has 166 valence electrons. The molecule has 1 saturated heterocycles. The molecule has 1 unspecified atom stereocenters. The first-order valence-electron chi connectivity index (χ1n) is 10.7. The van der Waals surface area contributed by atoms with Gasteiger partial charge in [-0.3, -0.25) is 25.2 Å². The van der Waals surface area contributed by atoms with Gasteiger partial charge in [0.1, 0.15) is 5.41 Å². The van der Waals surface area contributed by atoms with E-state index in [1.54, 1.807) is 6.92 Å². The fraction of sp³-hybridized carbons (Fsp3) is 0.667. The van der Waals surface area contributed by atoms with Crippen LogP contribution in [-0.2, 0) is 9.59 Å². The highest BCUT2D eigenvalue weighted by Crippen LogP contribution is 2.36. The lowest BCUT2D eigenvalue weighted by Crippen LogP contribution is -2.51. The fourth-order valence-corrected chi connectivity index (χ4v) is 3.61. The van der Waals surface area contributed by atoms with E-state index in [4.69, 9.17) is 0 Å². The SMILES string of the molecule is CC.CC1(C)CCC(Nc2nccnc2C(=O)NNC(=O)C2(C)CCNC2=O)CC1. The molecule has 9 nitrogen and oxygen atoms in total. The average Bonchev–Trinajstić information content (AvgIpc) is 3.09. The Kier molecular flexibility index (Phi) is 7.75. The van der Waals surface area contributed by atoms with Crippen LogP contribution in [0.3, 0.4) is 0 Å². The molecule has 4 N–H and O–H groups in total. The van der Waals surface area contributed by atoms with Gasteiger partial charge in [-0.15, -0.1) is 0 Å². The molecule has 9 heteroatoms. The number of hydrogen-bond donors (Lipinski definition) is 4. The number of carbonyl (C=O) groups is 3. The molecule has 3 amide bonds. The minimum Gasteiger partial charge on any atom is -0.365 e. The van der Waals surface area contributed by atoms with Crippen LogP contribution in [0.4, 0.5) is 5.82 Å². The van der Waals surface area contributed by atoms with Crippen molar-refractivity contribution in [3.63, 3.8) is 0 Å². The Morgan fingerprint density at radius 3 is 2.27 bits per heavy atom. The third kappa shape index (κ3) is 5.46. The lowest BCUT2D eigenvalue weighted by molar-refractivity contribution is -0.140. The number of carbonyl (C=O) groups excluding carboxylic acids is 3. The van der Waals surface area contributed by atoms with Crippen LogP contribution in [-0.4, -0.2) is 40.3 Å². The van der Waals surface area contributed by atoms with Crippen molar-refractivity contribution in [2.24, 2.45) is 10.8 Å². The second-order valence-corrected chi connectivity index (χ2v) is 8.58. The molecule has 1 saturated carbocycles. The number of hydrogen-bond acceptors (Lipinski definition) is 6. The van der Waals surface area contributed by atoms with Crippen LogP contribution >= 0.6 is 0 Å². The van der Waals surface area contributed by atoms with E-state index in [1.165, 1.54) is 12.4 Å². The lowest BCUT2D eigenvalue weighted by Gasteiger charge is -2.34. The van der Waals surface area contributed by atoms with Gasteiger partial charge in [-0.1, -0.05) is 27.7 Å². The Balaban J connectivity index is 0.00000155. The van der Waals surface area contributed by atoms with Crippen molar-refractivity contribution in [2.75, 3.05) is 11.9 Å². The fourth-order valence-electron chi connectivity index (χ4n) is 3.61. The van der Waals surface area contributed by atoms with Gasteiger partial charge < -0.3 is 10.6 Å². The lowest BCUT2D eigenvalue weighted by atomic mass is 9.75. The van der Waals surface area contributed by atoms with Crippen LogP contribution in [0.5, 0.6) is 0 Å². The highest BCUT2D eigenvalue weighted by atomic mass is 16.2. The third-order valence-electron chi connectivity index (χ3n) is 5.80. The van der Waals surface area contributed by atoms with E-state index in [2.05, 4.69) is 45.3 Å². The van der Waals surface area contributed by atoms with E-state index < -0.39 is 17.2 Å². The molecule has 0 bridgehead atoms. The Bertz CT molecular complexity index is 772. The summed E-state index contributed by atoms with van der Waals surface area (Å²) in [5.41, 5.74) is 3.95. The molecule has 0 radical (unpaired) electrons. The normalized spacial score (nSPS) is 22.9. The van der Waals surface area contributed by atoms with Gasteiger partial charge in [0, 0.05) is 25.0 Å². The zero-order valence-corrected chi connectivity index (χ0v) is 18.6. The molecule has 2 fully saturated rings. The standard InChI is InChI=1S/C19H28N6O3.C2H6/c1-18(2)6-4-12(5-7-18)23-14-13(20-10-11-21-14)15(26)24-25-17(28)19(3)8-9-22-16(19)27;1-2/h10-12H,4-9H2,1-3H3,(H,21,23)(H,22,27)(H,24,26)(H,25,28);1-2H3. The molecular formula is C21H34N6O3. The maximum absolute atomic E-state index is 12.5. The predicted octanol–water partition coefficient (Wildman–Crippen LogP) is 2.17. The van der Waals surface area contributed by atoms with E-state index in [-0.39, 0.29) is 17.6 Å². The Hall–Kier alpha value is -2.71. The summed E-state index contributed by atoms with van der Waals surface area (Å²) in [6, 6.07) is 0.229. The zero-order valence-electron chi connectivity index (χ0n) is 18.6. The number of anilines is 1. The molecule has 3 rings (SSSR count). The number of amides is 3. The minimum atomic E-state index is -1.19. The van der Waals surface area contributed by atoms with Gasteiger partial charge in [-0.2, -0.15) is 0 Å². The molecule has 2 heterocycles. The maximum atomic E-state index is 12.5. The summed E-state index contributed by atoms with van der Waals surface area (Å²) in [6.45, 7) is 10.5. The van der Waals surface area contributed by atoms with Gasteiger partial charge >= 0.3 is 0 Å². The summed E-state index contributed by atoms with van der Waals surface area (Å²) in [7, 11) is 0. The molecule has 30 heavy (non-hydrogen) atoms. The highest BCUT2D eigenvalue weighted by Gasteiger charge is 2.44. The number of nitrogens with one attached hydrogen (secondary N) is 4. The van der Waals surface area contributed by atoms with Crippen molar-refractivity contribution in [2.45, 2.75) is 72.8 Å². The summed E-state index contributed by atoms with van der Waals surface area (Å²) < 4.78 is 0. The topological polar surface area (TPSA) is 125 Å². The first kappa shape index (κ1) is 23.6. The molecular weight excluding hydrogens is 384 g/mol. The zero-order chi connectivity index (χ0) is 22.4. The number of aromatic nitrogens is 2. The van der Waals surface area contributed by atoms with Gasteiger partial charge in [0.25, 0.3) is 11.8 Å². The van der Waals surface area contributed by atoms with Gasteiger partial charge in [0.05, 0.1) is 0 Å². The summed E-state index contributed by atoms with van der Waals surface area (Å²) in [5.74, 6) is -1.09. The first-order valence-corrected chi connectivity index (χ1v) is 10.7. The third-order valence-corrected chi connectivity index (χ3v) is 5.80. The van der Waals surface area contributed by atoms with Gasteiger partial charge in [-0.05, 0) is 44.4 Å².